The van der Waals surface area contributed by atoms with Crippen LogP contribution in [0.3, 0.4) is 0 Å². The van der Waals surface area contributed by atoms with Crippen LogP contribution in [-0.2, 0) is 4.74 Å². The van der Waals surface area contributed by atoms with Crippen LogP contribution in [0.2, 0.25) is 0 Å². The van der Waals surface area contributed by atoms with Gasteiger partial charge in [-0.25, -0.2) is 4.79 Å². The number of esters is 1. The average Bonchev–Trinajstić information content (AvgIpc) is 2.46. The summed E-state index contributed by atoms with van der Waals surface area (Å²) in [7, 11) is 4.03. The zero-order valence-electron chi connectivity index (χ0n) is 12.8. The van der Waals surface area contributed by atoms with Crippen molar-refractivity contribution < 1.29 is 14.3 Å². The molecular formula is C17H21NO3. The summed E-state index contributed by atoms with van der Waals surface area (Å²) in [5.41, 5.74) is 0.575. The van der Waals surface area contributed by atoms with Gasteiger partial charge in [0.25, 0.3) is 0 Å². The van der Waals surface area contributed by atoms with Crippen LogP contribution in [0.25, 0.3) is 10.8 Å². The maximum absolute atomic E-state index is 11.7. The summed E-state index contributed by atoms with van der Waals surface area (Å²) in [6.07, 6.45) is 0. The average molecular weight is 287 g/mol. The Hall–Kier alpha value is -2.07. The van der Waals surface area contributed by atoms with Crippen LogP contribution in [0.4, 0.5) is 0 Å². The number of benzene rings is 2. The molecule has 0 heterocycles. The van der Waals surface area contributed by atoms with Crippen molar-refractivity contribution in [2.24, 2.45) is 0 Å². The van der Waals surface area contributed by atoms with Gasteiger partial charge < -0.3 is 14.4 Å². The van der Waals surface area contributed by atoms with Gasteiger partial charge in [0, 0.05) is 6.54 Å². The quantitative estimate of drug-likeness (QED) is 0.766. The van der Waals surface area contributed by atoms with Crippen molar-refractivity contribution in [3.8, 4) is 5.75 Å². The highest BCUT2D eigenvalue weighted by Gasteiger charge is 2.07. The number of fused-ring (bicyclic) bond motifs is 1. The molecular weight excluding hydrogens is 266 g/mol. The number of carbonyl (C=O) groups excluding carboxylic acids is 1. The summed E-state index contributed by atoms with van der Waals surface area (Å²) in [6, 6.07) is 11.4. The van der Waals surface area contributed by atoms with Crippen molar-refractivity contribution in [3.63, 3.8) is 0 Å². The van der Waals surface area contributed by atoms with E-state index in [1.165, 1.54) is 0 Å². The number of hydrogen-bond donors (Lipinski definition) is 0. The fraction of sp³-hybridized carbons (Fsp3) is 0.353. The van der Waals surface area contributed by atoms with E-state index < -0.39 is 0 Å². The molecule has 0 unspecified atom stereocenters. The lowest BCUT2D eigenvalue weighted by Crippen LogP contribution is -2.19. The van der Waals surface area contributed by atoms with Gasteiger partial charge in [-0.2, -0.15) is 0 Å². The van der Waals surface area contributed by atoms with Gasteiger partial charge in [0.2, 0.25) is 0 Å². The van der Waals surface area contributed by atoms with Crippen LogP contribution in [0.5, 0.6) is 5.75 Å². The Bertz CT molecular complexity index is 622. The van der Waals surface area contributed by atoms with E-state index in [0.29, 0.717) is 18.8 Å². The minimum atomic E-state index is -0.286. The first-order valence-corrected chi connectivity index (χ1v) is 7.08. The summed E-state index contributed by atoms with van der Waals surface area (Å²) in [4.78, 5) is 13.8. The molecule has 4 heteroatoms. The third kappa shape index (κ3) is 4.20. The lowest BCUT2D eigenvalue weighted by atomic mass is 10.1. The SMILES string of the molecule is CCOC(=O)c1ccc2cc(OCCN(C)C)ccc2c1. The normalized spacial score (nSPS) is 10.9. The lowest BCUT2D eigenvalue weighted by molar-refractivity contribution is 0.0526. The molecule has 0 aliphatic heterocycles. The topological polar surface area (TPSA) is 38.8 Å². The van der Waals surface area contributed by atoms with E-state index in [9.17, 15) is 4.79 Å². The molecule has 0 bridgehead atoms. The Labute approximate surface area is 125 Å². The van der Waals surface area contributed by atoms with Crippen LogP contribution in [0.15, 0.2) is 36.4 Å². The molecule has 0 N–H and O–H groups in total. The molecule has 0 fully saturated rings. The zero-order valence-corrected chi connectivity index (χ0v) is 12.8. The van der Waals surface area contributed by atoms with E-state index in [-0.39, 0.29) is 5.97 Å². The van der Waals surface area contributed by atoms with Gasteiger partial charge >= 0.3 is 5.97 Å². The third-order valence-corrected chi connectivity index (χ3v) is 3.13. The molecule has 0 radical (unpaired) electrons. The number of rotatable bonds is 6. The van der Waals surface area contributed by atoms with Crippen LogP contribution in [-0.4, -0.2) is 44.7 Å². The smallest absolute Gasteiger partial charge is 0.338 e. The summed E-state index contributed by atoms with van der Waals surface area (Å²) >= 11 is 0. The number of ether oxygens (including phenoxy) is 2. The van der Waals surface area contributed by atoms with Crippen molar-refractivity contribution in [3.05, 3.63) is 42.0 Å². The van der Waals surface area contributed by atoms with Gasteiger partial charge in [-0.05, 0) is 56.1 Å². The number of carbonyl (C=O) groups is 1. The van der Waals surface area contributed by atoms with E-state index >= 15 is 0 Å². The minimum absolute atomic E-state index is 0.286. The van der Waals surface area contributed by atoms with Crippen molar-refractivity contribution in [1.29, 1.82) is 0 Å². The molecule has 0 amide bonds. The predicted molar refractivity (Wildman–Crippen MR) is 84.0 cm³/mol. The van der Waals surface area contributed by atoms with Crippen LogP contribution >= 0.6 is 0 Å². The molecule has 4 nitrogen and oxygen atoms in total. The number of likely N-dealkylation sites (N-methyl/N-ethyl adjacent to an activating group) is 1. The molecule has 0 aliphatic rings. The largest absolute Gasteiger partial charge is 0.492 e. The first kappa shape index (κ1) is 15.3. The molecule has 21 heavy (non-hydrogen) atoms. The van der Waals surface area contributed by atoms with Crippen molar-refractivity contribution in [1.82, 2.24) is 4.90 Å². The van der Waals surface area contributed by atoms with Gasteiger partial charge in [-0.3, -0.25) is 0 Å². The first-order valence-electron chi connectivity index (χ1n) is 7.08. The summed E-state index contributed by atoms with van der Waals surface area (Å²) < 4.78 is 10.7. The Morgan fingerprint density at radius 1 is 1.10 bits per heavy atom. The van der Waals surface area contributed by atoms with Crippen molar-refractivity contribution in [2.45, 2.75) is 6.92 Å². The van der Waals surface area contributed by atoms with Crippen molar-refractivity contribution in [2.75, 3.05) is 33.9 Å². The van der Waals surface area contributed by atoms with Gasteiger partial charge in [-0.1, -0.05) is 12.1 Å². The molecule has 2 rings (SSSR count). The molecule has 0 saturated carbocycles. The molecule has 0 atom stereocenters. The van der Waals surface area contributed by atoms with E-state index in [0.717, 1.165) is 23.1 Å². The monoisotopic (exact) mass is 287 g/mol. The van der Waals surface area contributed by atoms with Gasteiger partial charge in [-0.15, -0.1) is 0 Å². The highest BCUT2D eigenvalue weighted by molar-refractivity contribution is 5.95. The standard InChI is InChI=1S/C17H21NO3/c1-4-20-17(19)15-6-5-14-12-16(8-7-13(14)11-15)21-10-9-18(2)3/h5-8,11-12H,4,9-10H2,1-3H3. The number of hydrogen-bond acceptors (Lipinski definition) is 4. The van der Waals surface area contributed by atoms with Crippen molar-refractivity contribution >= 4 is 16.7 Å². The molecule has 0 spiro atoms. The summed E-state index contributed by atoms with van der Waals surface area (Å²) in [5, 5.41) is 2.05. The molecule has 0 saturated heterocycles. The molecule has 112 valence electrons. The van der Waals surface area contributed by atoms with Gasteiger partial charge in [0.1, 0.15) is 12.4 Å². The highest BCUT2D eigenvalue weighted by atomic mass is 16.5. The van der Waals surface area contributed by atoms with Crippen LogP contribution in [0, 0.1) is 0 Å². The molecule has 2 aromatic rings. The second kappa shape index (κ2) is 7.09. The fourth-order valence-corrected chi connectivity index (χ4v) is 2.00. The maximum atomic E-state index is 11.7. The molecule has 2 aromatic carbocycles. The highest BCUT2D eigenvalue weighted by Crippen LogP contribution is 2.22. The summed E-state index contributed by atoms with van der Waals surface area (Å²) in [5.74, 6) is 0.555. The molecule has 0 aromatic heterocycles. The zero-order chi connectivity index (χ0) is 15.2. The Kier molecular flexibility index (Phi) is 5.17. The Morgan fingerprint density at radius 2 is 1.81 bits per heavy atom. The van der Waals surface area contributed by atoms with Crippen LogP contribution in [0.1, 0.15) is 17.3 Å². The maximum Gasteiger partial charge on any atom is 0.338 e. The molecule has 0 aliphatic carbocycles. The minimum Gasteiger partial charge on any atom is -0.492 e. The lowest BCUT2D eigenvalue weighted by Gasteiger charge is -2.11. The van der Waals surface area contributed by atoms with E-state index in [2.05, 4.69) is 4.90 Å². The number of nitrogens with zero attached hydrogens (tertiary/aromatic N) is 1. The fourth-order valence-electron chi connectivity index (χ4n) is 2.00. The van der Waals surface area contributed by atoms with Gasteiger partial charge in [0.05, 0.1) is 12.2 Å². The van der Waals surface area contributed by atoms with E-state index in [4.69, 9.17) is 9.47 Å². The van der Waals surface area contributed by atoms with E-state index in [1.807, 2.05) is 44.4 Å². The Morgan fingerprint density at radius 3 is 2.52 bits per heavy atom. The Balaban J connectivity index is 2.13. The van der Waals surface area contributed by atoms with Gasteiger partial charge in [0.15, 0.2) is 0 Å². The van der Waals surface area contributed by atoms with Crippen LogP contribution < -0.4 is 4.74 Å². The second-order valence-corrected chi connectivity index (χ2v) is 5.10. The van der Waals surface area contributed by atoms with E-state index in [1.54, 1.807) is 13.0 Å². The third-order valence-electron chi connectivity index (χ3n) is 3.13. The second-order valence-electron chi connectivity index (χ2n) is 5.10. The summed E-state index contributed by atoms with van der Waals surface area (Å²) in [6.45, 7) is 3.71. The predicted octanol–water partition coefficient (Wildman–Crippen LogP) is 2.96. The first-order chi connectivity index (χ1) is 10.1.